The van der Waals surface area contributed by atoms with Crippen LogP contribution in [-0.2, 0) is 11.3 Å². The van der Waals surface area contributed by atoms with Crippen LogP contribution in [0.4, 0.5) is 5.82 Å². The fraction of sp³-hybridized carbons (Fsp3) is 0.615. The fourth-order valence-corrected chi connectivity index (χ4v) is 1.75. The van der Waals surface area contributed by atoms with Crippen LogP contribution in [0.5, 0.6) is 0 Å². The minimum atomic E-state index is 0.689. The van der Waals surface area contributed by atoms with Crippen molar-refractivity contribution in [1.82, 2.24) is 9.88 Å². The number of aromatic nitrogens is 1. The van der Waals surface area contributed by atoms with Crippen LogP contribution in [0.2, 0.25) is 0 Å². The summed E-state index contributed by atoms with van der Waals surface area (Å²) in [5, 5.41) is 0. The number of nitrogens with zero attached hydrogens (tertiary/aromatic N) is 2. The van der Waals surface area contributed by atoms with Crippen LogP contribution in [0, 0.1) is 5.92 Å². The summed E-state index contributed by atoms with van der Waals surface area (Å²) in [5.74, 6) is 6.80. The number of hydrazine groups is 1. The van der Waals surface area contributed by atoms with Gasteiger partial charge in [-0.25, -0.2) is 10.8 Å². The average molecular weight is 250 g/mol. The Bertz CT molecular complexity index is 351. The van der Waals surface area contributed by atoms with E-state index < -0.39 is 0 Å². The summed E-state index contributed by atoms with van der Waals surface area (Å²) in [6, 6.07) is 3.91. The first-order valence-electron chi connectivity index (χ1n) is 6.46. The molecule has 3 N–H and O–H groups in total. The summed E-state index contributed by atoms with van der Waals surface area (Å²) >= 11 is 0. The number of pyridine rings is 1. The zero-order valence-electron chi connectivity index (χ0n) is 10.9. The normalized spacial score (nSPS) is 15.1. The summed E-state index contributed by atoms with van der Waals surface area (Å²) in [6.07, 6.45) is 4.54. The van der Waals surface area contributed by atoms with Gasteiger partial charge in [0.25, 0.3) is 0 Å². The number of likely N-dealkylation sites (N-methyl/N-ethyl adjacent to an activating group) is 1. The third kappa shape index (κ3) is 4.60. The summed E-state index contributed by atoms with van der Waals surface area (Å²) in [7, 11) is 2.09. The first kappa shape index (κ1) is 13.3. The van der Waals surface area contributed by atoms with Crippen molar-refractivity contribution in [1.29, 1.82) is 0 Å². The topological polar surface area (TPSA) is 63.4 Å². The number of rotatable bonds is 8. The van der Waals surface area contributed by atoms with Gasteiger partial charge in [0, 0.05) is 25.9 Å². The van der Waals surface area contributed by atoms with Gasteiger partial charge in [0.15, 0.2) is 0 Å². The Labute approximate surface area is 108 Å². The van der Waals surface area contributed by atoms with E-state index in [0.717, 1.165) is 32.2 Å². The molecule has 0 aliphatic heterocycles. The Kier molecular flexibility index (Phi) is 4.92. The summed E-state index contributed by atoms with van der Waals surface area (Å²) in [5.41, 5.74) is 3.70. The lowest BCUT2D eigenvalue weighted by Gasteiger charge is -2.16. The lowest BCUT2D eigenvalue weighted by Crippen LogP contribution is -2.23. The summed E-state index contributed by atoms with van der Waals surface area (Å²) < 4.78 is 5.62. The molecule has 0 atom stereocenters. The maximum absolute atomic E-state index is 5.62. The summed E-state index contributed by atoms with van der Waals surface area (Å²) in [4.78, 5) is 6.42. The predicted octanol–water partition coefficient (Wildman–Crippen LogP) is 1.23. The number of hydrogen-bond donors (Lipinski definition) is 2. The highest BCUT2D eigenvalue weighted by atomic mass is 16.5. The lowest BCUT2D eigenvalue weighted by atomic mass is 10.2. The van der Waals surface area contributed by atoms with Gasteiger partial charge in [0.05, 0.1) is 6.61 Å². The molecule has 0 unspecified atom stereocenters. The standard InChI is InChI=1S/C13H22N4O/c1-17(6-7-18-10-11-2-3-11)9-12-4-5-13(16-14)15-8-12/h4-5,8,11H,2-3,6-7,9-10,14H2,1H3,(H,15,16). The van der Waals surface area contributed by atoms with E-state index >= 15 is 0 Å². The first-order valence-corrected chi connectivity index (χ1v) is 6.46. The monoisotopic (exact) mass is 250 g/mol. The molecule has 0 bridgehead atoms. The second-order valence-electron chi connectivity index (χ2n) is 4.95. The van der Waals surface area contributed by atoms with Crippen molar-refractivity contribution in [2.75, 3.05) is 32.2 Å². The second-order valence-corrected chi connectivity index (χ2v) is 4.95. The van der Waals surface area contributed by atoms with Crippen molar-refractivity contribution in [3.63, 3.8) is 0 Å². The predicted molar refractivity (Wildman–Crippen MR) is 71.9 cm³/mol. The maximum Gasteiger partial charge on any atom is 0.139 e. The maximum atomic E-state index is 5.62. The van der Waals surface area contributed by atoms with Gasteiger partial charge in [-0.1, -0.05) is 6.07 Å². The zero-order chi connectivity index (χ0) is 12.8. The molecule has 0 radical (unpaired) electrons. The van der Waals surface area contributed by atoms with Crippen molar-refractivity contribution in [3.05, 3.63) is 23.9 Å². The van der Waals surface area contributed by atoms with Crippen LogP contribution in [0.1, 0.15) is 18.4 Å². The van der Waals surface area contributed by atoms with Gasteiger partial charge in [-0.05, 0) is 37.4 Å². The van der Waals surface area contributed by atoms with Gasteiger partial charge in [0.1, 0.15) is 5.82 Å². The SMILES string of the molecule is CN(CCOCC1CC1)Cc1ccc(NN)nc1. The van der Waals surface area contributed by atoms with Gasteiger partial charge < -0.3 is 10.2 Å². The number of nitrogens with one attached hydrogen (secondary N) is 1. The Balaban J connectivity index is 1.63. The van der Waals surface area contributed by atoms with E-state index in [9.17, 15) is 0 Å². The molecule has 1 aliphatic carbocycles. The number of nitrogens with two attached hydrogens (primary N) is 1. The van der Waals surface area contributed by atoms with E-state index in [1.807, 2.05) is 18.3 Å². The molecule has 0 amide bonds. The highest BCUT2D eigenvalue weighted by molar-refractivity contribution is 5.33. The van der Waals surface area contributed by atoms with Gasteiger partial charge in [-0.2, -0.15) is 0 Å². The van der Waals surface area contributed by atoms with Crippen molar-refractivity contribution >= 4 is 5.82 Å². The van der Waals surface area contributed by atoms with Crippen LogP contribution in [-0.4, -0.2) is 36.7 Å². The fourth-order valence-electron chi connectivity index (χ4n) is 1.75. The molecular formula is C13H22N4O. The van der Waals surface area contributed by atoms with E-state index in [1.165, 1.54) is 18.4 Å². The van der Waals surface area contributed by atoms with Crippen LogP contribution in [0.3, 0.4) is 0 Å². The first-order chi connectivity index (χ1) is 8.78. The third-order valence-corrected chi connectivity index (χ3v) is 3.09. The molecule has 1 heterocycles. The Morgan fingerprint density at radius 1 is 1.50 bits per heavy atom. The van der Waals surface area contributed by atoms with Crippen LogP contribution in [0.15, 0.2) is 18.3 Å². The Hall–Kier alpha value is -1.17. The Morgan fingerprint density at radius 2 is 2.33 bits per heavy atom. The molecule has 0 saturated heterocycles. The lowest BCUT2D eigenvalue weighted by molar-refractivity contribution is 0.102. The molecule has 18 heavy (non-hydrogen) atoms. The summed E-state index contributed by atoms with van der Waals surface area (Å²) in [6.45, 7) is 3.57. The van der Waals surface area contributed by atoms with Crippen molar-refractivity contribution in [2.45, 2.75) is 19.4 Å². The molecule has 1 fully saturated rings. The number of hydrogen-bond acceptors (Lipinski definition) is 5. The molecule has 0 aromatic carbocycles. The molecule has 0 spiro atoms. The molecule has 2 rings (SSSR count). The van der Waals surface area contributed by atoms with E-state index in [2.05, 4.69) is 22.4 Å². The highest BCUT2D eigenvalue weighted by Gasteiger charge is 2.20. The highest BCUT2D eigenvalue weighted by Crippen LogP contribution is 2.28. The van der Waals surface area contributed by atoms with E-state index in [0.29, 0.717) is 5.82 Å². The quantitative estimate of drug-likeness (QED) is 0.413. The largest absolute Gasteiger partial charge is 0.380 e. The minimum Gasteiger partial charge on any atom is -0.380 e. The molecule has 100 valence electrons. The Morgan fingerprint density at radius 3 is 2.94 bits per heavy atom. The molecule has 1 aliphatic rings. The van der Waals surface area contributed by atoms with Crippen LogP contribution < -0.4 is 11.3 Å². The zero-order valence-corrected chi connectivity index (χ0v) is 10.9. The number of ether oxygens (including phenoxy) is 1. The van der Waals surface area contributed by atoms with Crippen molar-refractivity contribution < 1.29 is 4.74 Å². The molecular weight excluding hydrogens is 228 g/mol. The number of anilines is 1. The smallest absolute Gasteiger partial charge is 0.139 e. The average Bonchev–Trinajstić information content (AvgIpc) is 3.20. The van der Waals surface area contributed by atoms with Crippen molar-refractivity contribution in [2.24, 2.45) is 11.8 Å². The minimum absolute atomic E-state index is 0.689. The molecule has 1 aromatic heterocycles. The molecule has 1 saturated carbocycles. The van der Waals surface area contributed by atoms with Crippen molar-refractivity contribution in [3.8, 4) is 0 Å². The number of nitrogen functional groups attached to an aromatic ring is 1. The van der Waals surface area contributed by atoms with Crippen LogP contribution in [0.25, 0.3) is 0 Å². The molecule has 1 aromatic rings. The van der Waals surface area contributed by atoms with Gasteiger partial charge in [0.2, 0.25) is 0 Å². The molecule has 5 nitrogen and oxygen atoms in total. The van der Waals surface area contributed by atoms with Gasteiger partial charge in [-0.3, -0.25) is 4.90 Å². The van der Waals surface area contributed by atoms with E-state index in [-0.39, 0.29) is 0 Å². The third-order valence-electron chi connectivity index (χ3n) is 3.09. The van der Waals surface area contributed by atoms with Gasteiger partial charge in [-0.15, -0.1) is 0 Å². The molecule has 5 heteroatoms. The van der Waals surface area contributed by atoms with Gasteiger partial charge >= 0.3 is 0 Å². The van der Waals surface area contributed by atoms with E-state index in [4.69, 9.17) is 10.6 Å². The van der Waals surface area contributed by atoms with Crippen LogP contribution >= 0.6 is 0 Å². The van der Waals surface area contributed by atoms with E-state index in [1.54, 1.807) is 0 Å². The second kappa shape index (κ2) is 6.68.